The minimum atomic E-state index is -1.30. The Morgan fingerprint density at radius 2 is 2.22 bits per heavy atom. The first-order chi connectivity index (χ1) is 11.0. The number of aromatic amines is 1. The molecule has 0 amide bonds. The first-order valence-electron chi connectivity index (χ1n) is 6.93. The van der Waals surface area contributed by atoms with Crippen LogP contribution in [0.2, 0.25) is 0 Å². The van der Waals surface area contributed by atoms with E-state index in [1.807, 2.05) is 0 Å². The van der Waals surface area contributed by atoms with E-state index < -0.39 is 36.7 Å². The van der Waals surface area contributed by atoms with Gasteiger partial charge >= 0.3 is 0 Å². The summed E-state index contributed by atoms with van der Waals surface area (Å²) < 4.78 is 6.87. The summed E-state index contributed by atoms with van der Waals surface area (Å²) in [6.45, 7) is 1.17. The van der Waals surface area contributed by atoms with Crippen LogP contribution in [0.3, 0.4) is 0 Å². The number of rotatable bonds is 2. The molecule has 4 atom stereocenters. The summed E-state index contributed by atoms with van der Waals surface area (Å²) in [7, 11) is 0. The van der Waals surface area contributed by atoms with Crippen molar-refractivity contribution < 1.29 is 20.1 Å². The Labute approximate surface area is 130 Å². The molecule has 23 heavy (non-hydrogen) atoms. The lowest BCUT2D eigenvalue weighted by molar-refractivity contribution is -0.0508. The molecule has 0 bridgehead atoms. The van der Waals surface area contributed by atoms with E-state index in [4.69, 9.17) is 10.5 Å². The van der Waals surface area contributed by atoms with E-state index >= 15 is 0 Å². The molecule has 0 radical (unpaired) electrons. The van der Waals surface area contributed by atoms with Crippen molar-refractivity contribution in [3.63, 3.8) is 0 Å². The third-order valence-electron chi connectivity index (χ3n) is 3.75. The molecule has 3 heterocycles. The number of nitrogens with one attached hydrogen (secondary N) is 1. The molecule has 1 fully saturated rings. The van der Waals surface area contributed by atoms with Gasteiger partial charge in [0.25, 0.3) is 5.56 Å². The number of aromatic nitrogens is 3. The number of nitrogens with zero attached hydrogens (tertiary/aromatic N) is 2. The fraction of sp³-hybridized carbons (Fsp3) is 0.429. The van der Waals surface area contributed by atoms with Crippen molar-refractivity contribution in [2.45, 2.75) is 31.5 Å². The molecule has 6 N–H and O–H groups in total. The third-order valence-corrected chi connectivity index (χ3v) is 3.75. The smallest absolute Gasteiger partial charge is 0.263 e. The van der Waals surface area contributed by atoms with Crippen molar-refractivity contribution in [1.29, 1.82) is 0 Å². The molecule has 0 aliphatic carbocycles. The standard InChI is InChI=1S/C14H16N4O5/c1-2-3-6-4-18(11-8(6)12(22)17-14(15)16-11)13-10(21)9(20)7(5-19)23-13/h4,7,9-10,13,19-21H,5H2,1H3,(H3,15,16,17,22)/t7-,9-,10-,13-/m1/s1. The lowest BCUT2D eigenvalue weighted by Crippen LogP contribution is -2.33. The SMILES string of the molecule is CC#Cc1cn([C@@H]2O[C@H](CO)[C@@H](O)[C@H]2O)c2nc(N)[nH]c(=O)c12. The summed E-state index contributed by atoms with van der Waals surface area (Å²) in [5.41, 5.74) is 5.70. The topological polar surface area (TPSA) is 147 Å². The summed E-state index contributed by atoms with van der Waals surface area (Å²) in [5, 5.41) is 29.5. The second-order valence-corrected chi connectivity index (χ2v) is 5.20. The Morgan fingerprint density at radius 3 is 2.83 bits per heavy atom. The molecule has 1 aliphatic heterocycles. The predicted molar refractivity (Wildman–Crippen MR) is 80.3 cm³/mol. The van der Waals surface area contributed by atoms with Gasteiger partial charge in [-0.15, -0.1) is 5.92 Å². The van der Waals surface area contributed by atoms with Gasteiger partial charge < -0.3 is 30.4 Å². The number of nitrogen functional groups attached to an aromatic ring is 1. The molecule has 9 heteroatoms. The zero-order valence-electron chi connectivity index (χ0n) is 12.2. The Kier molecular flexibility index (Phi) is 3.83. The van der Waals surface area contributed by atoms with E-state index in [-0.39, 0.29) is 17.0 Å². The van der Waals surface area contributed by atoms with E-state index in [0.29, 0.717) is 5.56 Å². The molecule has 3 rings (SSSR count). The second kappa shape index (κ2) is 5.68. The fourth-order valence-corrected chi connectivity index (χ4v) is 2.71. The van der Waals surface area contributed by atoms with E-state index in [0.717, 1.165) is 0 Å². The van der Waals surface area contributed by atoms with Crippen LogP contribution in [-0.2, 0) is 4.74 Å². The monoisotopic (exact) mass is 320 g/mol. The van der Waals surface area contributed by atoms with Gasteiger partial charge in [0, 0.05) is 6.20 Å². The lowest BCUT2D eigenvalue weighted by atomic mass is 10.1. The van der Waals surface area contributed by atoms with Gasteiger partial charge in [0.1, 0.15) is 18.3 Å². The number of ether oxygens (including phenoxy) is 1. The number of aliphatic hydroxyl groups excluding tert-OH is 3. The number of hydrogen-bond acceptors (Lipinski definition) is 7. The summed E-state index contributed by atoms with van der Waals surface area (Å²) in [6.07, 6.45) is -3.02. The minimum absolute atomic E-state index is 0.0930. The van der Waals surface area contributed by atoms with Crippen LogP contribution in [0.1, 0.15) is 18.7 Å². The fourth-order valence-electron chi connectivity index (χ4n) is 2.71. The van der Waals surface area contributed by atoms with E-state index in [9.17, 15) is 20.1 Å². The molecule has 2 aromatic heterocycles. The van der Waals surface area contributed by atoms with Crippen LogP contribution < -0.4 is 11.3 Å². The van der Waals surface area contributed by atoms with Crippen LogP contribution in [0.25, 0.3) is 11.0 Å². The largest absolute Gasteiger partial charge is 0.394 e. The van der Waals surface area contributed by atoms with E-state index in [1.54, 1.807) is 6.92 Å². The van der Waals surface area contributed by atoms with Crippen LogP contribution in [0.4, 0.5) is 5.95 Å². The molecule has 1 aliphatic rings. The molecule has 9 nitrogen and oxygen atoms in total. The van der Waals surface area contributed by atoms with Crippen LogP contribution in [0, 0.1) is 11.8 Å². The number of fused-ring (bicyclic) bond motifs is 1. The van der Waals surface area contributed by atoms with Crippen molar-refractivity contribution in [2.24, 2.45) is 0 Å². The molecular formula is C14H16N4O5. The highest BCUT2D eigenvalue weighted by molar-refractivity contribution is 5.83. The van der Waals surface area contributed by atoms with Crippen molar-refractivity contribution in [3.8, 4) is 11.8 Å². The molecule has 0 saturated carbocycles. The number of hydrogen-bond donors (Lipinski definition) is 5. The average Bonchev–Trinajstić information content (AvgIpc) is 2.99. The number of nitrogens with two attached hydrogens (primary N) is 1. The molecule has 2 aromatic rings. The number of aliphatic hydroxyl groups is 3. The predicted octanol–water partition coefficient (Wildman–Crippen LogP) is -1.71. The van der Waals surface area contributed by atoms with Gasteiger partial charge in [0.2, 0.25) is 5.95 Å². The molecule has 1 saturated heterocycles. The maximum atomic E-state index is 12.1. The molecule has 0 unspecified atom stereocenters. The quantitative estimate of drug-likeness (QED) is 0.414. The van der Waals surface area contributed by atoms with Crippen LogP contribution in [-0.4, -0.2) is 54.8 Å². The highest BCUT2D eigenvalue weighted by Crippen LogP contribution is 2.32. The zero-order chi connectivity index (χ0) is 16.7. The van der Waals surface area contributed by atoms with Gasteiger partial charge in [-0.05, 0) is 6.92 Å². The highest BCUT2D eigenvalue weighted by Gasteiger charge is 2.44. The van der Waals surface area contributed by atoms with Crippen molar-refractivity contribution in [3.05, 3.63) is 22.1 Å². The second-order valence-electron chi connectivity index (χ2n) is 5.20. The maximum Gasteiger partial charge on any atom is 0.263 e. The Hall–Kier alpha value is -2.38. The third kappa shape index (κ3) is 2.38. The van der Waals surface area contributed by atoms with Gasteiger partial charge in [-0.1, -0.05) is 5.92 Å². The van der Waals surface area contributed by atoms with Gasteiger partial charge in [-0.3, -0.25) is 9.78 Å². The van der Waals surface area contributed by atoms with Gasteiger partial charge in [0.05, 0.1) is 17.6 Å². The first kappa shape index (κ1) is 15.5. The Bertz CT molecular complexity index is 862. The molecule has 122 valence electrons. The summed E-state index contributed by atoms with van der Waals surface area (Å²) in [6, 6.07) is 0. The summed E-state index contributed by atoms with van der Waals surface area (Å²) in [5.74, 6) is 5.39. The minimum Gasteiger partial charge on any atom is -0.394 e. The van der Waals surface area contributed by atoms with Gasteiger partial charge in [-0.2, -0.15) is 4.98 Å². The van der Waals surface area contributed by atoms with Crippen molar-refractivity contribution >= 4 is 17.0 Å². The Morgan fingerprint density at radius 1 is 1.48 bits per heavy atom. The van der Waals surface area contributed by atoms with Crippen LogP contribution in [0.5, 0.6) is 0 Å². The van der Waals surface area contributed by atoms with Crippen molar-refractivity contribution in [2.75, 3.05) is 12.3 Å². The summed E-state index contributed by atoms with van der Waals surface area (Å²) in [4.78, 5) is 18.6. The molecular weight excluding hydrogens is 304 g/mol. The number of anilines is 1. The van der Waals surface area contributed by atoms with E-state index in [2.05, 4.69) is 21.8 Å². The zero-order valence-corrected chi connectivity index (χ0v) is 12.2. The molecule has 0 aromatic carbocycles. The lowest BCUT2D eigenvalue weighted by Gasteiger charge is -2.17. The van der Waals surface area contributed by atoms with Gasteiger partial charge in [0.15, 0.2) is 11.9 Å². The number of H-pyrrole nitrogens is 1. The normalized spacial score (nSPS) is 27.1. The van der Waals surface area contributed by atoms with Crippen molar-refractivity contribution in [1.82, 2.24) is 14.5 Å². The Balaban J connectivity index is 2.22. The molecule has 0 spiro atoms. The average molecular weight is 320 g/mol. The highest BCUT2D eigenvalue weighted by atomic mass is 16.6. The van der Waals surface area contributed by atoms with Crippen LogP contribution in [0.15, 0.2) is 11.0 Å². The maximum absolute atomic E-state index is 12.1. The van der Waals surface area contributed by atoms with Gasteiger partial charge in [-0.25, -0.2) is 0 Å². The van der Waals surface area contributed by atoms with E-state index in [1.165, 1.54) is 10.8 Å². The first-order valence-corrected chi connectivity index (χ1v) is 6.93. The van der Waals surface area contributed by atoms with Crippen LogP contribution >= 0.6 is 0 Å². The summed E-state index contributed by atoms with van der Waals surface area (Å²) >= 11 is 0.